The summed E-state index contributed by atoms with van der Waals surface area (Å²) in [6.07, 6.45) is 9.03. The van der Waals surface area contributed by atoms with Crippen LogP contribution in [0.5, 0.6) is 5.75 Å². The van der Waals surface area contributed by atoms with Gasteiger partial charge in [-0.05, 0) is 56.5 Å². The molecule has 1 N–H and O–H groups in total. The number of nitrogens with zero attached hydrogens (tertiary/aromatic N) is 4. The van der Waals surface area contributed by atoms with Gasteiger partial charge < -0.3 is 5.11 Å². The van der Waals surface area contributed by atoms with E-state index >= 15 is 0 Å². The molecule has 6 nitrogen and oxygen atoms in total. The predicted octanol–water partition coefficient (Wildman–Crippen LogP) is 2.78. The molecule has 1 atom stereocenters. The Morgan fingerprint density at radius 2 is 2.07 bits per heavy atom. The van der Waals surface area contributed by atoms with Crippen LogP contribution in [0.15, 0.2) is 53.6 Å². The number of aromatic nitrogens is 3. The van der Waals surface area contributed by atoms with Crippen molar-refractivity contribution in [2.45, 2.75) is 44.7 Å². The average Bonchev–Trinajstić information content (AvgIpc) is 2.69. The lowest BCUT2D eigenvalue weighted by molar-refractivity contribution is 0.130. The lowest BCUT2D eigenvalue weighted by Crippen LogP contribution is -2.39. The minimum absolute atomic E-state index is 0.0294. The van der Waals surface area contributed by atoms with Crippen LogP contribution in [0.25, 0.3) is 5.65 Å². The largest absolute Gasteiger partial charge is 0.504 e. The molecule has 4 heterocycles. The molecule has 3 aromatic rings. The van der Waals surface area contributed by atoms with E-state index in [-0.39, 0.29) is 11.3 Å². The summed E-state index contributed by atoms with van der Waals surface area (Å²) in [6, 6.07) is 11.3. The molecule has 27 heavy (non-hydrogen) atoms. The molecule has 1 fully saturated rings. The molecule has 3 aromatic heterocycles. The molecule has 1 aliphatic heterocycles. The Labute approximate surface area is 158 Å². The predicted molar refractivity (Wildman–Crippen MR) is 104 cm³/mol. The molecule has 0 saturated carbocycles. The first kappa shape index (κ1) is 17.7. The molecule has 4 rings (SSSR count). The van der Waals surface area contributed by atoms with E-state index in [9.17, 15) is 9.90 Å². The maximum atomic E-state index is 12.4. The van der Waals surface area contributed by atoms with Gasteiger partial charge in [0.1, 0.15) is 0 Å². The summed E-state index contributed by atoms with van der Waals surface area (Å²) in [7, 11) is 0. The lowest BCUT2D eigenvalue weighted by atomic mass is 9.97. The van der Waals surface area contributed by atoms with E-state index in [1.54, 1.807) is 24.4 Å². The molecule has 6 heteroatoms. The fourth-order valence-electron chi connectivity index (χ4n) is 3.90. The third kappa shape index (κ3) is 4.01. The molecule has 0 spiro atoms. The summed E-state index contributed by atoms with van der Waals surface area (Å²) in [5.41, 5.74) is 2.00. The van der Waals surface area contributed by atoms with Crippen molar-refractivity contribution in [2.75, 3.05) is 6.54 Å². The Bertz CT molecular complexity index is 971. The highest BCUT2D eigenvalue weighted by Crippen LogP contribution is 2.23. The van der Waals surface area contributed by atoms with E-state index in [1.807, 2.05) is 18.3 Å². The van der Waals surface area contributed by atoms with Crippen LogP contribution in [0.1, 0.15) is 37.1 Å². The van der Waals surface area contributed by atoms with Gasteiger partial charge in [-0.25, -0.2) is 4.98 Å². The van der Waals surface area contributed by atoms with Crippen LogP contribution in [0.3, 0.4) is 0 Å². The van der Waals surface area contributed by atoms with E-state index in [2.05, 4.69) is 20.9 Å². The van der Waals surface area contributed by atoms with Crippen LogP contribution in [-0.2, 0) is 13.0 Å². The van der Waals surface area contributed by atoms with E-state index in [4.69, 9.17) is 0 Å². The molecule has 0 aromatic carbocycles. The lowest BCUT2D eigenvalue weighted by Gasteiger charge is -2.35. The fraction of sp³-hybridized carbons (Fsp3) is 0.381. The number of fused-ring (bicyclic) bond motifs is 1. The van der Waals surface area contributed by atoms with E-state index in [0.717, 1.165) is 37.9 Å². The molecular weight excluding hydrogens is 340 g/mol. The quantitative estimate of drug-likeness (QED) is 0.754. The van der Waals surface area contributed by atoms with Crippen molar-refractivity contribution in [3.63, 3.8) is 0 Å². The Morgan fingerprint density at radius 1 is 1.15 bits per heavy atom. The smallest absolute Gasteiger partial charge is 0.258 e. The summed E-state index contributed by atoms with van der Waals surface area (Å²) < 4.78 is 1.38. The normalized spacial score (nSPS) is 18.0. The van der Waals surface area contributed by atoms with E-state index < -0.39 is 0 Å². The van der Waals surface area contributed by atoms with Crippen molar-refractivity contribution in [3.05, 3.63) is 70.5 Å². The van der Waals surface area contributed by atoms with Crippen LogP contribution >= 0.6 is 0 Å². The third-order valence-electron chi connectivity index (χ3n) is 5.30. The number of pyridine rings is 2. The van der Waals surface area contributed by atoms with Crippen LogP contribution in [0, 0.1) is 0 Å². The van der Waals surface area contributed by atoms with Crippen molar-refractivity contribution < 1.29 is 5.11 Å². The first-order chi connectivity index (χ1) is 13.2. The van der Waals surface area contributed by atoms with Gasteiger partial charge in [0.05, 0.1) is 5.69 Å². The zero-order valence-corrected chi connectivity index (χ0v) is 15.3. The highest BCUT2D eigenvalue weighted by Gasteiger charge is 2.23. The maximum absolute atomic E-state index is 12.4. The molecule has 0 amide bonds. The molecule has 1 unspecified atom stereocenters. The van der Waals surface area contributed by atoms with Crippen molar-refractivity contribution in [1.82, 2.24) is 19.3 Å². The topological polar surface area (TPSA) is 70.7 Å². The van der Waals surface area contributed by atoms with Gasteiger partial charge in [0.2, 0.25) is 0 Å². The summed E-state index contributed by atoms with van der Waals surface area (Å²) >= 11 is 0. The Balaban J connectivity index is 1.52. The van der Waals surface area contributed by atoms with Gasteiger partial charge in [0, 0.05) is 36.7 Å². The minimum Gasteiger partial charge on any atom is -0.504 e. The molecule has 140 valence electrons. The van der Waals surface area contributed by atoms with Gasteiger partial charge in [0.15, 0.2) is 11.4 Å². The molecule has 0 bridgehead atoms. The second kappa shape index (κ2) is 7.88. The van der Waals surface area contributed by atoms with Crippen LogP contribution in [0.4, 0.5) is 0 Å². The van der Waals surface area contributed by atoms with Crippen molar-refractivity contribution in [3.8, 4) is 5.75 Å². The number of likely N-dealkylation sites (tertiary alicyclic amines) is 1. The standard InChI is InChI=1S/C21H24N4O2/c26-19-8-5-13-25-20(27)14-17(23-21(19)25)15-24-12-4-2-7-18(24)10-9-16-6-1-3-11-22-16/h1,3,5-6,8,11,13-14,18,26H,2,4,7,9-10,12,15H2. The first-order valence-corrected chi connectivity index (χ1v) is 9.55. The summed E-state index contributed by atoms with van der Waals surface area (Å²) in [5, 5.41) is 10.0. The minimum atomic E-state index is -0.159. The summed E-state index contributed by atoms with van der Waals surface area (Å²) in [6.45, 7) is 1.64. The maximum Gasteiger partial charge on any atom is 0.258 e. The number of aryl methyl sites for hydroxylation is 1. The molecular formula is C21H24N4O2. The first-order valence-electron chi connectivity index (χ1n) is 9.55. The number of hydrogen-bond acceptors (Lipinski definition) is 5. The van der Waals surface area contributed by atoms with Crippen LogP contribution < -0.4 is 5.56 Å². The van der Waals surface area contributed by atoms with Crippen LogP contribution in [0.2, 0.25) is 0 Å². The molecule has 0 aliphatic carbocycles. The van der Waals surface area contributed by atoms with E-state index in [0.29, 0.717) is 23.9 Å². The van der Waals surface area contributed by atoms with Gasteiger partial charge in [0.25, 0.3) is 5.56 Å². The number of aromatic hydroxyl groups is 1. The average molecular weight is 364 g/mol. The number of piperidine rings is 1. The second-order valence-electron chi connectivity index (χ2n) is 7.15. The van der Waals surface area contributed by atoms with Gasteiger partial charge in [-0.15, -0.1) is 0 Å². The van der Waals surface area contributed by atoms with Gasteiger partial charge in [-0.2, -0.15) is 0 Å². The molecule has 1 saturated heterocycles. The highest BCUT2D eigenvalue weighted by molar-refractivity contribution is 5.52. The summed E-state index contributed by atoms with van der Waals surface area (Å²) in [5.74, 6) is 0.0294. The molecule has 1 aliphatic rings. The highest BCUT2D eigenvalue weighted by atomic mass is 16.3. The Hall–Kier alpha value is -2.73. The third-order valence-corrected chi connectivity index (χ3v) is 5.30. The zero-order valence-electron chi connectivity index (χ0n) is 15.3. The SMILES string of the molecule is O=c1cc(CN2CCCCC2CCc2ccccn2)nc2c(O)cccn12. The second-order valence-corrected chi connectivity index (χ2v) is 7.15. The Kier molecular flexibility index (Phi) is 5.16. The van der Waals surface area contributed by atoms with Gasteiger partial charge >= 0.3 is 0 Å². The zero-order chi connectivity index (χ0) is 18.6. The molecule has 0 radical (unpaired) electrons. The Morgan fingerprint density at radius 3 is 2.93 bits per heavy atom. The van der Waals surface area contributed by atoms with Crippen molar-refractivity contribution >= 4 is 5.65 Å². The van der Waals surface area contributed by atoms with E-state index in [1.165, 1.54) is 10.8 Å². The van der Waals surface area contributed by atoms with Crippen molar-refractivity contribution in [1.29, 1.82) is 0 Å². The van der Waals surface area contributed by atoms with Gasteiger partial charge in [-0.1, -0.05) is 12.5 Å². The van der Waals surface area contributed by atoms with Crippen molar-refractivity contribution in [2.24, 2.45) is 0 Å². The van der Waals surface area contributed by atoms with Gasteiger partial charge in [-0.3, -0.25) is 19.1 Å². The van der Waals surface area contributed by atoms with Crippen LogP contribution in [-0.4, -0.2) is 37.0 Å². The number of rotatable bonds is 5. The monoisotopic (exact) mass is 364 g/mol. The number of hydrogen-bond donors (Lipinski definition) is 1. The summed E-state index contributed by atoms with van der Waals surface area (Å²) in [4.78, 5) is 23.8. The fourth-order valence-corrected chi connectivity index (χ4v) is 3.90.